The number of rotatable bonds is 4. The summed E-state index contributed by atoms with van der Waals surface area (Å²) in [5.41, 5.74) is 7.90. The number of likely N-dealkylation sites (tertiary alicyclic amines) is 1. The number of nitrogens with zero attached hydrogens (tertiary/aromatic N) is 2. The van der Waals surface area contributed by atoms with Gasteiger partial charge in [0.2, 0.25) is 5.56 Å². The summed E-state index contributed by atoms with van der Waals surface area (Å²) >= 11 is 0. The fourth-order valence-electron chi connectivity index (χ4n) is 3.38. The first-order valence-corrected chi connectivity index (χ1v) is 8.67. The lowest BCUT2D eigenvalue weighted by Gasteiger charge is -2.19. The maximum atomic E-state index is 12.9. The largest absolute Gasteiger partial charge is 0.384 e. The van der Waals surface area contributed by atoms with Gasteiger partial charge in [0.15, 0.2) is 0 Å². The van der Waals surface area contributed by atoms with Crippen molar-refractivity contribution < 1.29 is 4.79 Å². The van der Waals surface area contributed by atoms with E-state index in [4.69, 9.17) is 5.73 Å². The van der Waals surface area contributed by atoms with Crippen LogP contribution in [0.2, 0.25) is 0 Å². The highest BCUT2D eigenvalue weighted by atomic mass is 16.2. The van der Waals surface area contributed by atoms with E-state index in [1.807, 2.05) is 30.9 Å². The second-order valence-electron chi connectivity index (χ2n) is 7.01. The second-order valence-corrected chi connectivity index (χ2v) is 7.01. The Morgan fingerprint density at radius 1 is 1.36 bits per heavy atom. The maximum Gasteiger partial charge on any atom is 0.255 e. The topological polar surface area (TPSA) is 92.1 Å². The predicted octanol–water partition coefficient (Wildman–Crippen LogP) is 2.18. The maximum absolute atomic E-state index is 12.9. The Labute approximate surface area is 147 Å². The van der Waals surface area contributed by atoms with Crippen LogP contribution in [0.5, 0.6) is 0 Å². The van der Waals surface area contributed by atoms with Gasteiger partial charge < -0.3 is 15.6 Å². The molecule has 1 fully saturated rings. The summed E-state index contributed by atoms with van der Waals surface area (Å²) in [5, 5.41) is 0. The summed E-state index contributed by atoms with van der Waals surface area (Å²) in [7, 11) is 0. The van der Waals surface area contributed by atoms with E-state index >= 15 is 0 Å². The van der Waals surface area contributed by atoms with Crippen molar-refractivity contribution in [1.29, 1.82) is 0 Å². The number of aromatic nitrogens is 2. The van der Waals surface area contributed by atoms with Crippen molar-refractivity contribution in [1.82, 2.24) is 14.9 Å². The van der Waals surface area contributed by atoms with E-state index in [2.05, 4.69) is 9.97 Å². The molecule has 0 aliphatic carbocycles. The van der Waals surface area contributed by atoms with Crippen LogP contribution in [-0.4, -0.2) is 33.9 Å². The Hall–Kier alpha value is -2.63. The van der Waals surface area contributed by atoms with Crippen LogP contribution in [0.4, 0.5) is 5.82 Å². The molecule has 0 spiro atoms. The molecule has 1 aliphatic heterocycles. The van der Waals surface area contributed by atoms with Crippen molar-refractivity contribution in [3.05, 3.63) is 57.6 Å². The molecule has 2 aromatic heterocycles. The van der Waals surface area contributed by atoms with E-state index in [1.54, 1.807) is 12.3 Å². The lowest BCUT2D eigenvalue weighted by molar-refractivity contribution is 0.0785. The summed E-state index contributed by atoms with van der Waals surface area (Å²) < 4.78 is 0. The first kappa shape index (κ1) is 17.2. The molecule has 132 valence electrons. The lowest BCUT2D eigenvalue weighted by Crippen LogP contribution is -2.31. The number of nitrogen functional groups attached to an aromatic ring is 1. The number of hydrogen-bond acceptors (Lipinski definition) is 4. The number of H-pyrrole nitrogens is 1. The van der Waals surface area contributed by atoms with Gasteiger partial charge in [-0.25, -0.2) is 4.98 Å². The van der Waals surface area contributed by atoms with Crippen LogP contribution in [0.3, 0.4) is 0 Å². The molecule has 1 aliphatic rings. The minimum Gasteiger partial charge on any atom is -0.384 e. The molecule has 3 heterocycles. The fraction of sp³-hybridized carbons (Fsp3) is 0.421. The third-order valence-corrected chi connectivity index (χ3v) is 4.70. The first-order chi connectivity index (χ1) is 11.9. The summed E-state index contributed by atoms with van der Waals surface area (Å²) in [6.07, 6.45) is 3.66. The number of nitrogens with two attached hydrogens (primary N) is 1. The molecule has 0 bridgehead atoms. The van der Waals surface area contributed by atoms with Crippen LogP contribution in [0, 0.1) is 5.92 Å². The molecule has 2 aromatic rings. The number of hydrogen-bond donors (Lipinski definition) is 2. The fourth-order valence-corrected chi connectivity index (χ4v) is 3.38. The molecule has 1 amide bonds. The summed E-state index contributed by atoms with van der Waals surface area (Å²) in [5.74, 6) is 1.02. The van der Waals surface area contributed by atoms with Gasteiger partial charge in [-0.15, -0.1) is 0 Å². The molecule has 0 radical (unpaired) electrons. The Kier molecular flexibility index (Phi) is 4.88. The number of aromatic amines is 1. The van der Waals surface area contributed by atoms with Crippen molar-refractivity contribution in [3.8, 4) is 0 Å². The van der Waals surface area contributed by atoms with Crippen LogP contribution in [0.1, 0.15) is 47.8 Å². The summed E-state index contributed by atoms with van der Waals surface area (Å²) in [6, 6.07) is 6.87. The number of carbonyl (C=O) groups is 1. The standard InChI is InChI=1S/C19H24N4O2/c1-12(2)18-15(4-6-17(24)22-18)19(25)23-8-7-14(11-23)9-13-3-5-16(20)21-10-13/h3-6,10,12,14H,7-9,11H2,1-2H3,(H2,20,21)(H,22,24). The molecule has 1 unspecified atom stereocenters. The molecule has 6 nitrogen and oxygen atoms in total. The number of anilines is 1. The third-order valence-electron chi connectivity index (χ3n) is 4.70. The van der Waals surface area contributed by atoms with Gasteiger partial charge in [0.25, 0.3) is 5.91 Å². The average Bonchev–Trinajstić information content (AvgIpc) is 3.05. The van der Waals surface area contributed by atoms with Crippen molar-refractivity contribution in [2.45, 2.75) is 32.6 Å². The normalized spacial score (nSPS) is 17.2. The number of nitrogens with one attached hydrogen (secondary N) is 1. The molecular weight excluding hydrogens is 316 g/mol. The quantitative estimate of drug-likeness (QED) is 0.892. The molecule has 3 rings (SSSR count). The van der Waals surface area contributed by atoms with Crippen LogP contribution in [-0.2, 0) is 6.42 Å². The molecule has 1 atom stereocenters. The van der Waals surface area contributed by atoms with E-state index in [-0.39, 0.29) is 17.4 Å². The van der Waals surface area contributed by atoms with E-state index in [1.165, 1.54) is 6.07 Å². The minimum atomic E-state index is -0.171. The van der Waals surface area contributed by atoms with Gasteiger partial charge in [-0.2, -0.15) is 0 Å². The molecule has 0 aromatic carbocycles. The van der Waals surface area contributed by atoms with Crippen LogP contribution < -0.4 is 11.3 Å². The average molecular weight is 340 g/mol. The summed E-state index contributed by atoms with van der Waals surface area (Å²) in [6.45, 7) is 5.41. The van der Waals surface area contributed by atoms with E-state index < -0.39 is 0 Å². The highest BCUT2D eigenvalue weighted by Gasteiger charge is 2.28. The van der Waals surface area contributed by atoms with Crippen molar-refractivity contribution in [3.63, 3.8) is 0 Å². The number of carbonyl (C=O) groups excluding carboxylic acids is 1. The van der Waals surface area contributed by atoms with Crippen LogP contribution >= 0.6 is 0 Å². The molecular formula is C19H24N4O2. The summed E-state index contributed by atoms with van der Waals surface area (Å²) in [4.78, 5) is 33.3. The smallest absolute Gasteiger partial charge is 0.255 e. The Bertz CT molecular complexity index is 811. The van der Waals surface area contributed by atoms with Crippen molar-refractivity contribution in [2.75, 3.05) is 18.8 Å². The van der Waals surface area contributed by atoms with Crippen LogP contribution in [0.25, 0.3) is 0 Å². The third kappa shape index (κ3) is 3.90. The van der Waals surface area contributed by atoms with Gasteiger partial charge >= 0.3 is 0 Å². The van der Waals surface area contributed by atoms with E-state index in [9.17, 15) is 9.59 Å². The van der Waals surface area contributed by atoms with Crippen LogP contribution in [0.15, 0.2) is 35.3 Å². The van der Waals surface area contributed by atoms with Gasteiger partial charge in [-0.05, 0) is 42.4 Å². The zero-order chi connectivity index (χ0) is 18.0. The first-order valence-electron chi connectivity index (χ1n) is 8.67. The van der Waals surface area contributed by atoms with E-state index in [0.717, 1.165) is 31.5 Å². The second kappa shape index (κ2) is 7.09. The highest BCUT2D eigenvalue weighted by molar-refractivity contribution is 5.95. The number of amides is 1. The molecule has 3 N–H and O–H groups in total. The van der Waals surface area contributed by atoms with Gasteiger partial charge in [-0.3, -0.25) is 9.59 Å². The molecule has 6 heteroatoms. The zero-order valence-electron chi connectivity index (χ0n) is 14.7. The Morgan fingerprint density at radius 2 is 2.16 bits per heavy atom. The van der Waals surface area contributed by atoms with Crippen molar-refractivity contribution >= 4 is 11.7 Å². The lowest BCUT2D eigenvalue weighted by atomic mass is 10.00. The van der Waals surface area contributed by atoms with Gasteiger partial charge in [0.1, 0.15) is 5.82 Å². The zero-order valence-corrected chi connectivity index (χ0v) is 14.7. The highest BCUT2D eigenvalue weighted by Crippen LogP contribution is 2.24. The van der Waals surface area contributed by atoms with Gasteiger partial charge in [0.05, 0.1) is 5.56 Å². The minimum absolute atomic E-state index is 0.00196. The Morgan fingerprint density at radius 3 is 2.84 bits per heavy atom. The Balaban J connectivity index is 1.70. The monoisotopic (exact) mass is 340 g/mol. The van der Waals surface area contributed by atoms with Crippen molar-refractivity contribution in [2.24, 2.45) is 5.92 Å². The molecule has 1 saturated heterocycles. The number of pyridine rings is 2. The SMILES string of the molecule is CC(C)c1[nH]c(=O)ccc1C(=O)N1CCC(Cc2ccc(N)nc2)C1. The van der Waals surface area contributed by atoms with E-state index in [0.29, 0.717) is 23.0 Å². The molecule has 0 saturated carbocycles. The molecule has 25 heavy (non-hydrogen) atoms. The predicted molar refractivity (Wildman–Crippen MR) is 97.5 cm³/mol. The van der Waals surface area contributed by atoms with Gasteiger partial charge in [0, 0.05) is 31.0 Å². The van der Waals surface area contributed by atoms with Gasteiger partial charge in [-0.1, -0.05) is 19.9 Å².